The lowest BCUT2D eigenvalue weighted by molar-refractivity contribution is 0.0691. The Hall–Kier alpha value is -2.95. The van der Waals surface area contributed by atoms with Gasteiger partial charge in [0.2, 0.25) is 0 Å². The third-order valence-electron chi connectivity index (χ3n) is 3.80. The molecule has 116 valence electrons. The monoisotopic (exact) mass is 307 g/mol. The van der Waals surface area contributed by atoms with Gasteiger partial charge >= 0.3 is 5.97 Å². The van der Waals surface area contributed by atoms with Crippen molar-refractivity contribution in [3.8, 4) is 11.3 Å². The van der Waals surface area contributed by atoms with E-state index in [9.17, 15) is 9.90 Å². The summed E-state index contributed by atoms with van der Waals surface area (Å²) in [5, 5.41) is 17.3. The fourth-order valence-electron chi connectivity index (χ4n) is 2.63. The molecule has 0 saturated heterocycles. The molecule has 0 aliphatic carbocycles. The molecule has 1 N–H and O–H groups in total. The molecule has 23 heavy (non-hydrogen) atoms. The Labute approximate surface area is 134 Å². The van der Waals surface area contributed by atoms with Crippen LogP contribution >= 0.6 is 0 Å². The van der Waals surface area contributed by atoms with Crippen LogP contribution in [0.4, 0.5) is 0 Å². The number of carboxylic acids is 1. The molecule has 3 aromatic rings. The predicted molar refractivity (Wildman–Crippen MR) is 87.4 cm³/mol. The van der Waals surface area contributed by atoms with Gasteiger partial charge < -0.3 is 5.11 Å². The van der Waals surface area contributed by atoms with Crippen LogP contribution in [0.25, 0.3) is 11.3 Å². The Balaban J connectivity index is 2.08. The predicted octanol–water partition coefficient (Wildman–Crippen LogP) is 3.31. The fourth-order valence-corrected chi connectivity index (χ4v) is 2.63. The lowest BCUT2D eigenvalue weighted by Crippen LogP contribution is -2.07. The highest BCUT2D eigenvalue weighted by atomic mass is 16.4. The maximum Gasteiger partial charge on any atom is 0.358 e. The van der Waals surface area contributed by atoms with Gasteiger partial charge in [-0.3, -0.25) is 0 Å². The van der Waals surface area contributed by atoms with Crippen LogP contribution in [0.15, 0.2) is 48.5 Å². The number of benzene rings is 2. The van der Waals surface area contributed by atoms with Gasteiger partial charge in [0.25, 0.3) is 0 Å². The number of aromatic nitrogens is 3. The molecule has 0 amide bonds. The van der Waals surface area contributed by atoms with E-state index >= 15 is 0 Å². The van der Waals surface area contributed by atoms with E-state index in [1.165, 1.54) is 5.56 Å². The minimum atomic E-state index is -1.07. The Morgan fingerprint density at radius 3 is 2.52 bits per heavy atom. The second kappa shape index (κ2) is 6.04. The number of carboxylic acid groups (broad SMARTS) is 1. The normalized spacial score (nSPS) is 10.7. The van der Waals surface area contributed by atoms with Crippen molar-refractivity contribution in [1.82, 2.24) is 15.0 Å². The van der Waals surface area contributed by atoms with Crippen molar-refractivity contribution in [3.05, 3.63) is 70.9 Å². The van der Waals surface area contributed by atoms with Crippen LogP contribution in [-0.2, 0) is 6.54 Å². The molecule has 0 atom stereocenters. The van der Waals surface area contributed by atoms with Gasteiger partial charge in [-0.05, 0) is 25.0 Å². The zero-order valence-corrected chi connectivity index (χ0v) is 13.0. The van der Waals surface area contributed by atoms with E-state index in [1.807, 2.05) is 56.3 Å². The number of hydrogen-bond donors (Lipinski definition) is 1. The van der Waals surface area contributed by atoms with E-state index in [0.29, 0.717) is 12.2 Å². The number of aromatic carboxylic acids is 1. The number of nitrogens with zero attached hydrogens (tertiary/aromatic N) is 3. The maximum absolute atomic E-state index is 11.5. The molecular weight excluding hydrogens is 290 g/mol. The van der Waals surface area contributed by atoms with E-state index in [1.54, 1.807) is 4.68 Å². The van der Waals surface area contributed by atoms with Crippen molar-refractivity contribution >= 4 is 5.97 Å². The summed E-state index contributed by atoms with van der Waals surface area (Å²) < 4.78 is 1.65. The summed E-state index contributed by atoms with van der Waals surface area (Å²) in [6.45, 7) is 4.57. The summed E-state index contributed by atoms with van der Waals surface area (Å²) in [6.07, 6.45) is 0. The van der Waals surface area contributed by atoms with Gasteiger partial charge in [0.1, 0.15) is 5.69 Å². The summed E-state index contributed by atoms with van der Waals surface area (Å²) in [4.78, 5) is 11.5. The molecule has 2 aromatic carbocycles. The standard InChI is InChI=1S/C18H17N3O2/c1-12-8-9-15(13(2)10-12)11-21-17(14-6-4-3-5-7-14)16(18(22)23)19-20-21/h3-10H,11H2,1-2H3,(H,22,23). The van der Waals surface area contributed by atoms with E-state index in [0.717, 1.165) is 16.7 Å². The average Bonchev–Trinajstić information content (AvgIpc) is 2.95. The molecule has 1 aromatic heterocycles. The van der Waals surface area contributed by atoms with Gasteiger partial charge in [-0.15, -0.1) is 5.10 Å². The molecule has 0 saturated carbocycles. The molecule has 0 radical (unpaired) electrons. The van der Waals surface area contributed by atoms with E-state index in [-0.39, 0.29) is 5.69 Å². The van der Waals surface area contributed by atoms with E-state index in [4.69, 9.17) is 0 Å². The first-order chi connectivity index (χ1) is 11.1. The van der Waals surface area contributed by atoms with Gasteiger partial charge in [-0.1, -0.05) is 59.3 Å². The van der Waals surface area contributed by atoms with Gasteiger partial charge in [-0.25, -0.2) is 9.48 Å². The lowest BCUT2D eigenvalue weighted by Gasteiger charge is -2.10. The van der Waals surface area contributed by atoms with Crippen molar-refractivity contribution in [2.45, 2.75) is 20.4 Å². The highest BCUT2D eigenvalue weighted by Gasteiger charge is 2.20. The highest BCUT2D eigenvalue weighted by molar-refractivity contribution is 5.92. The topological polar surface area (TPSA) is 68.0 Å². The highest BCUT2D eigenvalue weighted by Crippen LogP contribution is 2.23. The molecule has 3 rings (SSSR count). The molecule has 5 heteroatoms. The van der Waals surface area contributed by atoms with Gasteiger partial charge in [0, 0.05) is 5.56 Å². The van der Waals surface area contributed by atoms with Crippen molar-refractivity contribution in [1.29, 1.82) is 0 Å². The Morgan fingerprint density at radius 1 is 1.13 bits per heavy atom. The quantitative estimate of drug-likeness (QED) is 0.803. The number of carbonyl (C=O) groups is 1. The van der Waals surface area contributed by atoms with E-state index < -0.39 is 5.97 Å². The molecule has 0 unspecified atom stereocenters. The van der Waals surface area contributed by atoms with Gasteiger partial charge in [-0.2, -0.15) is 0 Å². The summed E-state index contributed by atoms with van der Waals surface area (Å²) in [5.41, 5.74) is 4.73. The van der Waals surface area contributed by atoms with Crippen LogP contribution in [0.3, 0.4) is 0 Å². The fraction of sp³-hybridized carbons (Fsp3) is 0.167. The van der Waals surface area contributed by atoms with Crippen LogP contribution in [-0.4, -0.2) is 26.1 Å². The first-order valence-corrected chi connectivity index (χ1v) is 7.34. The molecule has 5 nitrogen and oxygen atoms in total. The summed E-state index contributed by atoms with van der Waals surface area (Å²) in [5.74, 6) is -1.07. The Morgan fingerprint density at radius 2 is 1.87 bits per heavy atom. The second-order valence-corrected chi connectivity index (χ2v) is 5.55. The molecule has 0 bridgehead atoms. The van der Waals surface area contributed by atoms with Gasteiger partial charge in [0.05, 0.1) is 6.54 Å². The Bertz CT molecular complexity index is 854. The molecule has 1 heterocycles. The SMILES string of the molecule is Cc1ccc(Cn2nnc(C(=O)O)c2-c2ccccc2)c(C)c1. The maximum atomic E-state index is 11.5. The minimum Gasteiger partial charge on any atom is -0.476 e. The molecule has 0 spiro atoms. The zero-order valence-electron chi connectivity index (χ0n) is 13.0. The lowest BCUT2D eigenvalue weighted by atomic mass is 10.1. The second-order valence-electron chi connectivity index (χ2n) is 5.55. The first-order valence-electron chi connectivity index (χ1n) is 7.34. The first kappa shape index (κ1) is 15.0. The Kier molecular flexibility index (Phi) is 3.93. The van der Waals surface area contributed by atoms with Crippen LogP contribution in [0.5, 0.6) is 0 Å². The number of rotatable bonds is 4. The van der Waals surface area contributed by atoms with Crippen molar-refractivity contribution < 1.29 is 9.90 Å². The van der Waals surface area contributed by atoms with Crippen LogP contribution in [0, 0.1) is 13.8 Å². The summed E-state index contributed by atoms with van der Waals surface area (Å²) in [6, 6.07) is 15.5. The number of aryl methyl sites for hydroxylation is 2. The molecule has 0 aliphatic rings. The van der Waals surface area contributed by atoms with Crippen LogP contribution in [0.2, 0.25) is 0 Å². The third-order valence-corrected chi connectivity index (χ3v) is 3.80. The minimum absolute atomic E-state index is 0.0269. The smallest absolute Gasteiger partial charge is 0.358 e. The van der Waals surface area contributed by atoms with Crippen molar-refractivity contribution in [2.75, 3.05) is 0 Å². The third kappa shape index (κ3) is 2.99. The summed E-state index contributed by atoms with van der Waals surface area (Å²) >= 11 is 0. The largest absolute Gasteiger partial charge is 0.476 e. The van der Waals surface area contributed by atoms with Crippen LogP contribution < -0.4 is 0 Å². The molecule has 0 fully saturated rings. The number of hydrogen-bond acceptors (Lipinski definition) is 3. The van der Waals surface area contributed by atoms with Crippen molar-refractivity contribution in [2.24, 2.45) is 0 Å². The van der Waals surface area contributed by atoms with E-state index in [2.05, 4.69) is 16.4 Å². The van der Waals surface area contributed by atoms with Crippen molar-refractivity contribution in [3.63, 3.8) is 0 Å². The summed E-state index contributed by atoms with van der Waals surface area (Å²) in [7, 11) is 0. The zero-order chi connectivity index (χ0) is 16.4. The molecular formula is C18H17N3O2. The van der Waals surface area contributed by atoms with Gasteiger partial charge in [0.15, 0.2) is 5.69 Å². The van der Waals surface area contributed by atoms with Crippen LogP contribution in [0.1, 0.15) is 27.2 Å². The molecule has 0 aliphatic heterocycles. The average molecular weight is 307 g/mol.